The van der Waals surface area contributed by atoms with E-state index in [1.807, 2.05) is 0 Å². The van der Waals surface area contributed by atoms with Gasteiger partial charge in [-0.2, -0.15) is 0 Å². The van der Waals surface area contributed by atoms with Crippen LogP contribution in [0.15, 0.2) is 22.7 Å². The summed E-state index contributed by atoms with van der Waals surface area (Å²) in [5, 5.41) is 2.81. The van der Waals surface area contributed by atoms with Crippen molar-refractivity contribution in [3.63, 3.8) is 0 Å². The normalized spacial score (nSPS) is 10.8. The molecule has 1 N–H and O–H groups in total. The van der Waals surface area contributed by atoms with Gasteiger partial charge in [0.25, 0.3) is 5.91 Å². The number of nitrogens with zero attached hydrogens (tertiary/aromatic N) is 1. The van der Waals surface area contributed by atoms with Crippen molar-refractivity contribution in [2.75, 3.05) is 26.2 Å². The Balaban J connectivity index is 2.41. The molecule has 0 unspecified atom stereocenters. The number of halogens is 2. The van der Waals surface area contributed by atoms with Crippen molar-refractivity contribution in [1.29, 1.82) is 0 Å². The number of hydrogen-bond acceptors (Lipinski definition) is 2. The number of hydrogen-bond donors (Lipinski definition) is 1. The first-order chi connectivity index (χ1) is 9.10. The molecular formula is C14H20BrFN2O. The smallest absolute Gasteiger partial charge is 0.252 e. The van der Waals surface area contributed by atoms with Gasteiger partial charge in [0.15, 0.2) is 0 Å². The highest BCUT2D eigenvalue weighted by atomic mass is 79.9. The monoisotopic (exact) mass is 330 g/mol. The van der Waals surface area contributed by atoms with E-state index < -0.39 is 5.82 Å². The Morgan fingerprint density at radius 1 is 1.37 bits per heavy atom. The van der Waals surface area contributed by atoms with Crippen LogP contribution in [0.2, 0.25) is 0 Å². The second kappa shape index (κ2) is 8.27. The Morgan fingerprint density at radius 2 is 2.05 bits per heavy atom. The number of carbonyl (C=O) groups excluding carboxylic acids is 1. The molecule has 0 saturated carbocycles. The minimum atomic E-state index is -0.421. The molecule has 0 fully saturated rings. The SMILES string of the molecule is CCN(CC)CCCNC(=O)c1cccc(F)c1Br. The molecule has 5 heteroatoms. The lowest BCUT2D eigenvalue weighted by Crippen LogP contribution is -2.30. The molecule has 0 saturated heterocycles. The van der Waals surface area contributed by atoms with Crippen molar-refractivity contribution < 1.29 is 9.18 Å². The van der Waals surface area contributed by atoms with Gasteiger partial charge in [-0.25, -0.2) is 4.39 Å². The Labute approximate surface area is 122 Å². The van der Waals surface area contributed by atoms with Crippen LogP contribution in [0, 0.1) is 5.82 Å². The topological polar surface area (TPSA) is 32.3 Å². The lowest BCUT2D eigenvalue weighted by atomic mass is 10.2. The van der Waals surface area contributed by atoms with Crippen molar-refractivity contribution in [2.24, 2.45) is 0 Å². The Hall–Kier alpha value is -0.940. The van der Waals surface area contributed by atoms with Gasteiger partial charge in [-0.1, -0.05) is 19.9 Å². The predicted molar refractivity (Wildman–Crippen MR) is 78.8 cm³/mol. The van der Waals surface area contributed by atoms with E-state index in [9.17, 15) is 9.18 Å². The first-order valence-electron chi connectivity index (χ1n) is 6.54. The van der Waals surface area contributed by atoms with Crippen LogP contribution in [0.3, 0.4) is 0 Å². The van der Waals surface area contributed by atoms with Crippen LogP contribution in [0.1, 0.15) is 30.6 Å². The summed E-state index contributed by atoms with van der Waals surface area (Å²) in [4.78, 5) is 14.2. The van der Waals surface area contributed by atoms with Crippen LogP contribution in [-0.2, 0) is 0 Å². The molecule has 1 rings (SSSR count). The van der Waals surface area contributed by atoms with E-state index in [4.69, 9.17) is 0 Å². The summed E-state index contributed by atoms with van der Waals surface area (Å²) in [7, 11) is 0. The lowest BCUT2D eigenvalue weighted by molar-refractivity contribution is 0.0950. The van der Waals surface area contributed by atoms with E-state index in [-0.39, 0.29) is 10.4 Å². The van der Waals surface area contributed by atoms with E-state index in [2.05, 4.69) is 40.0 Å². The molecule has 0 atom stereocenters. The standard InChI is InChI=1S/C14H20BrFN2O/c1-3-18(4-2)10-6-9-17-14(19)11-7-5-8-12(16)13(11)15/h5,7-8H,3-4,6,9-10H2,1-2H3,(H,17,19). The van der Waals surface area contributed by atoms with Gasteiger partial charge in [0.2, 0.25) is 0 Å². The van der Waals surface area contributed by atoms with Crippen LogP contribution < -0.4 is 5.32 Å². The summed E-state index contributed by atoms with van der Waals surface area (Å²) in [6, 6.07) is 4.46. The molecule has 0 aliphatic carbocycles. The minimum Gasteiger partial charge on any atom is -0.352 e. The van der Waals surface area contributed by atoms with E-state index in [1.165, 1.54) is 12.1 Å². The molecule has 3 nitrogen and oxygen atoms in total. The molecule has 1 aromatic rings. The second-order valence-corrected chi connectivity index (χ2v) is 5.03. The van der Waals surface area contributed by atoms with Gasteiger partial charge in [-0.15, -0.1) is 0 Å². The van der Waals surface area contributed by atoms with Crippen LogP contribution >= 0.6 is 15.9 Å². The first-order valence-corrected chi connectivity index (χ1v) is 7.34. The minimum absolute atomic E-state index is 0.219. The van der Waals surface area contributed by atoms with Crippen molar-refractivity contribution >= 4 is 21.8 Å². The quantitative estimate of drug-likeness (QED) is 0.779. The van der Waals surface area contributed by atoms with E-state index in [0.717, 1.165) is 26.1 Å². The van der Waals surface area contributed by atoms with E-state index in [1.54, 1.807) is 6.07 Å². The van der Waals surface area contributed by atoms with Gasteiger partial charge in [-0.05, 0) is 54.1 Å². The highest BCUT2D eigenvalue weighted by Crippen LogP contribution is 2.20. The maximum absolute atomic E-state index is 13.3. The highest BCUT2D eigenvalue weighted by Gasteiger charge is 2.12. The molecule has 0 bridgehead atoms. The summed E-state index contributed by atoms with van der Waals surface area (Å²) in [6.45, 7) is 7.81. The summed E-state index contributed by atoms with van der Waals surface area (Å²) in [5.74, 6) is -0.665. The number of rotatable bonds is 7. The lowest BCUT2D eigenvalue weighted by Gasteiger charge is -2.17. The summed E-state index contributed by atoms with van der Waals surface area (Å²) >= 11 is 3.09. The van der Waals surface area contributed by atoms with Crippen LogP contribution in [0.5, 0.6) is 0 Å². The molecular weight excluding hydrogens is 311 g/mol. The summed E-state index contributed by atoms with van der Waals surface area (Å²) < 4.78 is 13.5. The maximum Gasteiger partial charge on any atom is 0.252 e. The summed E-state index contributed by atoms with van der Waals surface area (Å²) in [6.07, 6.45) is 0.889. The zero-order valence-corrected chi connectivity index (χ0v) is 13.0. The van der Waals surface area contributed by atoms with Crippen molar-refractivity contribution in [2.45, 2.75) is 20.3 Å². The van der Waals surface area contributed by atoms with Crippen molar-refractivity contribution in [3.05, 3.63) is 34.1 Å². The zero-order chi connectivity index (χ0) is 14.3. The largest absolute Gasteiger partial charge is 0.352 e. The third-order valence-electron chi connectivity index (χ3n) is 3.03. The summed E-state index contributed by atoms with van der Waals surface area (Å²) in [5.41, 5.74) is 0.336. The molecule has 0 aliphatic rings. The van der Waals surface area contributed by atoms with Gasteiger partial charge in [0, 0.05) is 6.54 Å². The Bertz CT molecular complexity index is 422. The van der Waals surface area contributed by atoms with Crippen molar-refractivity contribution in [1.82, 2.24) is 10.2 Å². The van der Waals surface area contributed by atoms with Crippen molar-refractivity contribution in [3.8, 4) is 0 Å². The van der Waals surface area contributed by atoms with E-state index >= 15 is 0 Å². The predicted octanol–water partition coefficient (Wildman–Crippen LogP) is 3.05. The Kier molecular flexibility index (Phi) is 7.02. The fraction of sp³-hybridized carbons (Fsp3) is 0.500. The number of carbonyl (C=O) groups is 1. The number of amides is 1. The molecule has 19 heavy (non-hydrogen) atoms. The van der Waals surface area contributed by atoms with Crippen LogP contribution in [-0.4, -0.2) is 37.0 Å². The van der Waals surface area contributed by atoms with Gasteiger partial charge in [-0.3, -0.25) is 4.79 Å². The maximum atomic E-state index is 13.3. The number of benzene rings is 1. The zero-order valence-electron chi connectivity index (χ0n) is 11.4. The van der Waals surface area contributed by atoms with Gasteiger partial charge >= 0.3 is 0 Å². The molecule has 0 spiro atoms. The van der Waals surface area contributed by atoms with Gasteiger partial charge in [0.1, 0.15) is 5.82 Å². The van der Waals surface area contributed by atoms with E-state index in [0.29, 0.717) is 12.1 Å². The molecule has 1 amide bonds. The average Bonchev–Trinajstić information content (AvgIpc) is 2.42. The third-order valence-corrected chi connectivity index (χ3v) is 3.83. The second-order valence-electron chi connectivity index (χ2n) is 4.24. The molecule has 0 radical (unpaired) electrons. The molecule has 0 heterocycles. The van der Waals surface area contributed by atoms with Gasteiger partial charge in [0.05, 0.1) is 10.0 Å². The molecule has 106 valence electrons. The molecule has 1 aromatic carbocycles. The average molecular weight is 331 g/mol. The Morgan fingerprint density at radius 3 is 2.68 bits per heavy atom. The van der Waals surface area contributed by atoms with Crippen LogP contribution in [0.25, 0.3) is 0 Å². The molecule has 0 aromatic heterocycles. The molecule has 0 aliphatic heterocycles. The van der Waals surface area contributed by atoms with Gasteiger partial charge < -0.3 is 10.2 Å². The fourth-order valence-corrected chi connectivity index (χ4v) is 2.26. The van der Waals surface area contributed by atoms with Crippen LogP contribution in [0.4, 0.5) is 4.39 Å². The number of nitrogens with one attached hydrogen (secondary N) is 1. The first kappa shape index (κ1) is 16.1. The fourth-order valence-electron chi connectivity index (χ4n) is 1.82. The third kappa shape index (κ3) is 4.91. The highest BCUT2D eigenvalue weighted by molar-refractivity contribution is 9.10.